The highest BCUT2D eigenvalue weighted by atomic mass is 19.3. The third-order valence-electron chi connectivity index (χ3n) is 7.46. The van der Waals surface area contributed by atoms with Crippen LogP contribution in [-0.4, -0.2) is 39.5 Å². The van der Waals surface area contributed by atoms with E-state index in [1.807, 2.05) is 19.9 Å². The first-order valence-electron chi connectivity index (χ1n) is 11.8. The maximum absolute atomic E-state index is 14.9. The Bertz CT molecular complexity index is 1400. The number of carboxylic acids is 1. The second-order valence-corrected chi connectivity index (χ2v) is 9.91. The zero-order valence-corrected chi connectivity index (χ0v) is 19.9. The summed E-state index contributed by atoms with van der Waals surface area (Å²) in [7, 11) is 0. The Hall–Kier alpha value is -3.49. The Kier molecular flexibility index (Phi) is 5.34. The number of halogens is 2. The second kappa shape index (κ2) is 8.03. The average Bonchev–Trinajstić information content (AvgIpc) is 3.60. The number of alkyl halides is 2. The number of hydrogen-bond donors (Lipinski definition) is 2. The standard InChI is InChI=1S/C26H28F2N4O3/c1-15-12-19(17(3)29-20-7-5-4-6-18(20)24(34)35)22-30-21(16(2)23(33)32(22)13-15)31-11-10-25(8-9-25)26(27,28)14-31/h4-7,12-13,17,29H,8-11,14H2,1-3H3,(H,34,35)/t17-/m1/s1. The lowest BCUT2D eigenvalue weighted by Crippen LogP contribution is -2.50. The number of para-hydroxylation sites is 1. The van der Waals surface area contributed by atoms with Crippen molar-refractivity contribution in [3.8, 4) is 0 Å². The molecular weight excluding hydrogens is 454 g/mol. The predicted molar refractivity (Wildman–Crippen MR) is 130 cm³/mol. The van der Waals surface area contributed by atoms with Gasteiger partial charge in [-0.05, 0) is 63.8 Å². The monoisotopic (exact) mass is 482 g/mol. The zero-order valence-electron chi connectivity index (χ0n) is 19.9. The minimum Gasteiger partial charge on any atom is -0.478 e. The van der Waals surface area contributed by atoms with Crippen molar-refractivity contribution in [3.63, 3.8) is 0 Å². The molecule has 184 valence electrons. The van der Waals surface area contributed by atoms with E-state index in [4.69, 9.17) is 4.98 Å². The van der Waals surface area contributed by atoms with Crippen molar-refractivity contribution in [1.82, 2.24) is 9.38 Å². The molecule has 1 aliphatic carbocycles. The van der Waals surface area contributed by atoms with Crippen molar-refractivity contribution in [2.45, 2.75) is 52.0 Å². The molecule has 0 bridgehead atoms. The first kappa shape index (κ1) is 23.3. The van der Waals surface area contributed by atoms with Crippen LogP contribution in [0.2, 0.25) is 0 Å². The first-order chi connectivity index (χ1) is 16.5. The number of fused-ring (bicyclic) bond motifs is 1. The molecule has 7 nitrogen and oxygen atoms in total. The summed E-state index contributed by atoms with van der Waals surface area (Å²) >= 11 is 0. The second-order valence-electron chi connectivity index (χ2n) is 9.91. The summed E-state index contributed by atoms with van der Waals surface area (Å²) in [6.45, 7) is 5.32. The molecule has 1 saturated heterocycles. The van der Waals surface area contributed by atoms with E-state index in [1.165, 1.54) is 10.5 Å². The predicted octanol–water partition coefficient (Wildman–Crippen LogP) is 4.81. The minimum atomic E-state index is -2.82. The summed E-state index contributed by atoms with van der Waals surface area (Å²) < 4.78 is 31.3. The molecule has 2 aliphatic rings. The van der Waals surface area contributed by atoms with Crippen molar-refractivity contribution in [2.75, 3.05) is 23.3 Å². The van der Waals surface area contributed by atoms with Gasteiger partial charge in [0.2, 0.25) is 0 Å². The maximum atomic E-state index is 14.9. The van der Waals surface area contributed by atoms with Gasteiger partial charge in [-0.25, -0.2) is 18.6 Å². The molecule has 2 N–H and O–H groups in total. The van der Waals surface area contributed by atoms with Gasteiger partial charge in [-0.2, -0.15) is 0 Å². The molecule has 1 aromatic carbocycles. The SMILES string of the molecule is Cc1cc([C@@H](C)Nc2ccccc2C(=O)O)c2nc(N3CCC4(CC4)C(F)(F)C3)c(C)c(=O)n2c1. The summed E-state index contributed by atoms with van der Waals surface area (Å²) in [5, 5.41) is 12.8. The highest BCUT2D eigenvalue weighted by Crippen LogP contribution is 2.61. The van der Waals surface area contributed by atoms with Crippen LogP contribution in [0.3, 0.4) is 0 Å². The molecule has 0 amide bonds. The number of aromatic carboxylic acids is 1. The number of rotatable bonds is 5. The number of pyridine rings is 1. The van der Waals surface area contributed by atoms with E-state index in [9.17, 15) is 23.5 Å². The Labute approximate surface area is 201 Å². The lowest BCUT2D eigenvalue weighted by Gasteiger charge is -2.40. The molecular formula is C26H28F2N4O3. The van der Waals surface area contributed by atoms with E-state index >= 15 is 0 Å². The number of nitrogens with one attached hydrogen (secondary N) is 1. The Morgan fingerprint density at radius 1 is 1.20 bits per heavy atom. The smallest absolute Gasteiger partial charge is 0.337 e. The van der Waals surface area contributed by atoms with Gasteiger partial charge in [0.25, 0.3) is 11.5 Å². The molecule has 9 heteroatoms. The molecule has 2 fully saturated rings. The van der Waals surface area contributed by atoms with Crippen LogP contribution in [0.4, 0.5) is 20.3 Å². The van der Waals surface area contributed by atoms with Crippen molar-refractivity contribution in [1.29, 1.82) is 0 Å². The number of aromatic nitrogens is 2. The van der Waals surface area contributed by atoms with Gasteiger partial charge in [0, 0.05) is 29.4 Å². The van der Waals surface area contributed by atoms with E-state index < -0.39 is 29.9 Å². The molecule has 2 aromatic heterocycles. The van der Waals surface area contributed by atoms with Crippen LogP contribution in [0, 0.1) is 19.3 Å². The number of piperidine rings is 1. The molecule has 1 aliphatic heterocycles. The molecule has 5 rings (SSSR count). The summed E-state index contributed by atoms with van der Waals surface area (Å²) in [5.41, 5.74) is 1.57. The van der Waals surface area contributed by atoms with Crippen LogP contribution in [0.5, 0.6) is 0 Å². The van der Waals surface area contributed by atoms with Crippen LogP contribution >= 0.6 is 0 Å². The number of nitrogens with zero attached hydrogens (tertiary/aromatic N) is 3. The number of hydrogen-bond acceptors (Lipinski definition) is 5. The largest absolute Gasteiger partial charge is 0.478 e. The van der Waals surface area contributed by atoms with E-state index in [1.54, 1.807) is 36.2 Å². The van der Waals surface area contributed by atoms with Crippen LogP contribution < -0.4 is 15.8 Å². The molecule has 0 unspecified atom stereocenters. The van der Waals surface area contributed by atoms with E-state index in [-0.39, 0.29) is 16.9 Å². The number of benzene rings is 1. The highest BCUT2D eigenvalue weighted by molar-refractivity contribution is 5.94. The Balaban J connectivity index is 1.58. The summed E-state index contributed by atoms with van der Waals surface area (Å²) in [4.78, 5) is 31.3. The highest BCUT2D eigenvalue weighted by Gasteiger charge is 2.64. The fourth-order valence-corrected chi connectivity index (χ4v) is 5.18. The third-order valence-corrected chi connectivity index (χ3v) is 7.46. The van der Waals surface area contributed by atoms with Gasteiger partial charge in [0.1, 0.15) is 11.5 Å². The maximum Gasteiger partial charge on any atom is 0.337 e. The van der Waals surface area contributed by atoms with Crippen LogP contribution in [0.15, 0.2) is 41.3 Å². The van der Waals surface area contributed by atoms with E-state index in [0.29, 0.717) is 48.3 Å². The van der Waals surface area contributed by atoms with Gasteiger partial charge in [-0.1, -0.05) is 12.1 Å². The lowest BCUT2D eigenvalue weighted by molar-refractivity contribution is -0.0795. The van der Waals surface area contributed by atoms with E-state index in [0.717, 1.165) is 5.56 Å². The third kappa shape index (κ3) is 3.83. The van der Waals surface area contributed by atoms with Gasteiger partial charge in [-0.3, -0.25) is 9.20 Å². The summed E-state index contributed by atoms with van der Waals surface area (Å²) in [6, 6.07) is 8.05. The van der Waals surface area contributed by atoms with Crippen LogP contribution in [0.1, 0.15) is 59.3 Å². The zero-order chi connectivity index (χ0) is 25.1. The molecule has 1 atom stereocenters. The number of carboxylic acid groups (broad SMARTS) is 1. The first-order valence-corrected chi connectivity index (χ1v) is 11.8. The molecule has 0 radical (unpaired) electrons. The molecule has 3 heterocycles. The fourth-order valence-electron chi connectivity index (χ4n) is 5.18. The fraction of sp³-hybridized carbons (Fsp3) is 0.423. The van der Waals surface area contributed by atoms with Crippen LogP contribution in [0.25, 0.3) is 5.65 Å². The van der Waals surface area contributed by atoms with Crippen LogP contribution in [-0.2, 0) is 0 Å². The van der Waals surface area contributed by atoms with Gasteiger partial charge < -0.3 is 15.3 Å². The van der Waals surface area contributed by atoms with E-state index in [2.05, 4.69) is 5.32 Å². The topological polar surface area (TPSA) is 86.9 Å². The molecule has 1 saturated carbocycles. The van der Waals surface area contributed by atoms with Gasteiger partial charge >= 0.3 is 5.97 Å². The van der Waals surface area contributed by atoms with Crippen molar-refractivity contribution < 1.29 is 18.7 Å². The average molecular weight is 483 g/mol. The number of aryl methyl sites for hydroxylation is 1. The van der Waals surface area contributed by atoms with Gasteiger partial charge in [0.05, 0.1) is 23.7 Å². The number of carbonyl (C=O) groups is 1. The quantitative estimate of drug-likeness (QED) is 0.543. The molecule has 35 heavy (non-hydrogen) atoms. The normalized spacial score (nSPS) is 19.1. The summed E-state index contributed by atoms with van der Waals surface area (Å²) in [5.74, 6) is -3.59. The Morgan fingerprint density at radius 3 is 2.57 bits per heavy atom. The Morgan fingerprint density at radius 2 is 1.91 bits per heavy atom. The van der Waals surface area contributed by atoms with Crippen molar-refractivity contribution >= 4 is 23.1 Å². The number of anilines is 2. The summed E-state index contributed by atoms with van der Waals surface area (Å²) in [6.07, 6.45) is 3.16. The van der Waals surface area contributed by atoms with Gasteiger partial charge in [0.15, 0.2) is 0 Å². The molecule has 1 spiro atoms. The molecule has 3 aromatic rings. The lowest BCUT2D eigenvalue weighted by atomic mass is 9.89. The van der Waals surface area contributed by atoms with Crippen molar-refractivity contribution in [2.24, 2.45) is 5.41 Å². The van der Waals surface area contributed by atoms with Crippen molar-refractivity contribution in [3.05, 3.63) is 69.1 Å². The minimum absolute atomic E-state index is 0.127. The van der Waals surface area contributed by atoms with Gasteiger partial charge in [-0.15, -0.1) is 0 Å².